The molecule has 3 fully saturated rings. The fourth-order valence-electron chi connectivity index (χ4n) is 5.27. The highest BCUT2D eigenvalue weighted by Gasteiger charge is 2.31. The van der Waals surface area contributed by atoms with Crippen molar-refractivity contribution in [1.29, 1.82) is 0 Å². The van der Waals surface area contributed by atoms with Crippen LogP contribution in [0.25, 0.3) is 0 Å². The lowest BCUT2D eigenvalue weighted by atomic mass is 9.84. The van der Waals surface area contributed by atoms with E-state index in [1.165, 1.54) is 0 Å². The first-order chi connectivity index (χ1) is 18.4. The number of rotatable bonds is 5. The summed E-state index contributed by atoms with van der Waals surface area (Å²) in [5, 5.41) is 6.01. The number of halogens is 2. The number of carbonyl (C=O) groups is 3. The van der Waals surface area contributed by atoms with Crippen LogP contribution in [0.3, 0.4) is 0 Å². The molecule has 202 valence electrons. The van der Waals surface area contributed by atoms with E-state index >= 15 is 0 Å². The Morgan fingerprint density at radius 1 is 0.789 bits per heavy atom. The number of amides is 3. The summed E-state index contributed by atoms with van der Waals surface area (Å²) in [6.07, 6.45) is 3.78. The van der Waals surface area contributed by atoms with Crippen LogP contribution in [-0.2, 0) is 4.79 Å². The van der Waals surface area contributed by atoms with Gasteiger partial charge in [-0.3, -0.25) is 14.4 Å². The molecule has 38 heavy (non-hydrogen) atoms. The molecule has 1 aliphatic carbocycles. The Bertz CT molecular complexity index is 1190. The van der Waals surface area contributed by atoms with Crippen molar-refractivity contribution in [3.63, 3.8) is 0 Å². The first-order valence-corrected chi connectivity index (χ1v) is 13.3. The Morgan fingerprint density at radius 3 is 2.21 bits per heavy atom. The SMILES string of the molecule is O=C(Nc1cc(C(=O)N2CCNCC2)ccc1N1CCCN(C(=O)C2CCC2)CC1)c1cc(F)cc(F)c1. The minimum absolute atomic E-state index is 0.137. The zero-order valence-electron chi connectivity index (χ0n) is 21.3. The average Bonchev–Trinajstić information content (AvgIpc) is 3.13. The Kier molecular flexibility index (Phi) is 7.87. The lowest BCUT2D eigenvalue weighted by Gasteiger charge is -2.31. The normalized spacial score (nSPS) is 18.5. The van der Waals surface area contributed by atoms with Crippen LogP contribution < -0.4 is 15.5 Å². The highest BCUT2D eigenvalue weighted by Crippen LogP contribution is 2.31. The minimum atomic E-state index is -0.846. The summed E-state index contributed by atoms with van der Waals surface area (Å²) in [6, 6.07) is 7.85. The summed E-state index contributed by atoms with van der Waals surface area (Å²) in [6.45, 7) is 5.07. The first kappa shape index (κ1) is 26.1. The van der Waals surface area contributed by atoms with E-state index in [9.17, 15) is 23.2 Å². The lowest BCUT2D eigenvalue weighted by molar-refractivity contribution is -0.137. The van der Waals surface area contributed by atoms with Crippen LogP contribution in [0.1, 0.15) is 46.4 Å². The highest BCUT2D eigenvalue weighted by atomic mass is 19.1. The van der Waals surface area contributed by atoms with E-state index in [1.807, 2.05) is 4.90 Å². The molecule has 2 N–H and O–H groups in total. The second-order valence-corrected chi connectivity index (χ2v) is 10.2. The molecule has 0 unspecified atom stereocenters. The van der Waals surface area contributed by atoms with Gasteiger partial charge in [-0.1, -0.05) is 6.42 Å². The maximum Gasteiger partial charge on any atom is 0.255 e. The summed E-state index contributed by atoms with van der Waals surface area (Å²) < 4.78 is 27.6. The van der Waals surface area contributed by atoms with Gasteiger partial charge in [0.05, 0.1) is 11.4 Å². The molecular weight excluding hydrogens is 492 g/mol. The van der Waals surface area contributed by atoms with Crippen molar-refractivity contribution < 1.29 is 23.2 Å². The van der Waals surface area contributed by atoms with Gasteiger partial charge in [-0.2, -0.15) is 0 Å². The number of hydrogen-bond acceptors (Lipinski definition) is 5. The van der Waals surface area contributed by atoms with Crippen LogP contribution in [0, 0.1) is 17.6 Å². The fourth-order valence-corrected chi connectivity index (χ4v) is 5.27. The maximum atomic E-state index is 13.8. The second kappa shape index (κ2) is 11.5. The topological polar surface area (TPSA) is 85.0 Å². The van der Waals surface area contributed by atoms with E-state index in [-0.39, 0.29) is 23.3 Å². The molecule has 0 radical (unpaired) electrons. The summed E-state index contributed by atoms with van der Waals surface area (Å²) in [5.41, 5.74) is 1.36. The van der Waals surface area contributed by atoms with Gasteiger partial charge in [-0.05, 0) is 49.6 Å². The zero-order chi connectivity index (χ0) is 26.6. The second-order valence-electron chi connectivity index (χ2n) is 10.2. The number of hydrogen-bond donors (Lipinski definition) is 2. The average molecular weight is 526 g/mol. The summed E-state index contributed by atoms with van der Waals surface area (Å²) in [7, 11) is 0. The number of nitrogens with one attached hydrogen (secondary N) is 2. The van der Waals surface area contributed by atoms with Crippen LogP contribution >= 0.6 is 0 Å². The molecule has 2 aliphatic heterocycles. The molecule has 5 rings (SSSR count). The third kappa shape index (κ3) is 5.80. The van der Waals surface area contributed by atoms with Crippen LogP contribution in [0.15, 0.2) is 36.4 Å². The van der Waals surface area contributed by atoms with Gasteiger partial charge in [0, 0.05) is 75.5 Å². The summed E-state index contributed by atoms with van der Waals surface area (Å²) >= 11 is 0. The molecule has 0 aromatic heterocycles. The van der Waals surface area contributed by atoms with Gasteiger partial charge >= 0.3 is 0 Å². The van der Waals surface area contributed by atoms with E-state index < -0.39 is 17.5 Å². The van der Waals surface area contributed by atoms with Crippen LogP contribution in [-0.4, -0.2) is 79.9 Å². The quantitative estimate of drug-likeness (QED) is 0.627. The van der Waals surface area contributed by atoms with Crippen molar-refractivity contribution in [2.45, 2.75) is 25.7 Å². The number of carbonyl (C=O) groups excluding carboxylic acids is 3. The van der Waals surface area contributed by atoms with E-state index in [0.717, 1.165) is 37.8 Å². The van der Waals surface area contributed by atoms with Gasteiger partial charge in [-0.25, -0.2) is 8.78 Å². The largest absolute Gasteiger partial charge is 0.368 e. The Hall–Kier alpha value is -3.53. The van der Waals surface area contributed by atoms with Crippen molar-refractivity contribution in [3.8, 4) is 0 Å². The molecule has 1 saturated carbocycles. The van der Waals surface area contributed by atoms with Crippen molar-refractivity contribution in [1.82, 2.24) is 15.1 Å². The zero-order valence-corrected chi connectivity index (χ0v) is 21.3. The fraction of sp³-hybridized carbons (Fsp3) is 0.464. The Morgan fingerprint density at radius 2 is 1.53 bits per heavy atom. The molecule has 0 bridgehead atoms. The summed E-state index contributed by atoms with van der Waals surface area (Å²) in [5.74, 6) is -2.15. The van der Waals surface area contributed by atoms with E-state index in [2.05, 4.69) is 15.5 Å². The van der Waals surface area contributed by atoms with Crippen LogP contribution in [0.5, 0.6) is 0 Å². The summed E-state index contributed by atoms with van der Waals surface area (Å²) in [4.78, 5) is 44.8. The van der Waals surface area contributed by atoms with E-state index in [0.29, 0.717) is 75.4 Å². The van der Waals surface area contributed by atoms with E-state index in [4.69, 9.17) is 0 Å². The molecular formula is C28H33F2N5O3. The molecule has 3 amide bonds. The Labute approximate surface area is 221 Å². The standard InChI is InChI=1S/C28H33F2N5O3/c29-22-15-21(16-23(30)18-22)26(36)32-24-17-20(28(38)35-11-7-31-8-12-35)5-6-25(24)33-9-2-10-34(14-13-33)27(37)19-3-1-4-19/h5-6,15-19,31H,1-4,7-14H2,(H,32,36). The monoisotopic (exact) mass is 525 g/mol. The van der Waals surface area contributed by atoms with Gasteiger partial charge < -0.3 is 25.3 Å². The molecule has 3 aliphatic rings. The number of anilines is 2. The van der Waals surface area contributed by atoms with E-state index in [1.54, 1.807) is 23.1 Å². The van der Waals surface area contributed by atoms with Gasteiger partial charge in [0.2, 0.25) is 5.91 Å². The molecule has 2 saturated heterocycles. The molecule has 0 atom stereocenters. The van der Waals surface area contributed by atoms with Crippen LogP contribution in [0.2, 0.25) is 0 Å². The predicted molar refractivity (Wildman–Crippen MR) is 140 cm³/mol. The van der Waals surface area contributed by atoms with Gasteiger partial charge in [0.25, 0.3) is 11.8 Å². The number of benzene rings is 2. The molecule has 0 spiro atoms. The number of nitrogens with zero attached hydrogens (tertiary/aromatic N) is 3. The third-order valence-electron chi connectivity index (χ3n) is 7.62. The minimum Gasteiger partial charge on any atom is -0.368 e. The van der Waals surface area contributed by atoms with Gasteiger partial charge in [0.15, 0.2) is 0 Å². The molecule has 8 nitrogen and oxygen atoms in total. The van der Waals surface area contributed by atoms with Gasteiger partial charge in [0.1, 0.15) is 11.6 Å². The molecule has 2 aromatic rings. The molecule has 2 aromatic carbocycles. The lowest BCUT2D eigenvalue weighted by Crippen LogP contribution is -2.46. The molecule has 2 heterocycles. The predicted octanol–water partition coefficient (Wildman–Crippen LogP) is 3.10. The maximum absolute atomic E-state index is 13.8. The smallest absolute Gasteiger partial charge is 0.255 e. The number of piperazine rings is 1. The first-order valence-electron chi connectivity index (χ1n) is 13.3. The van der Waals surface area contributed by atoms with Gasteiger partial charge in [-0.15, -0.1) is 0 Å². The molecule has 10 heteroatoms. The van der Waals surface area contributed by atoms with Crippen molar-refractivity contribution in [2.24, 2.45) is 5.92 Å². The highest BCUT2D eigenvalue weighted by molar-refractivity contribution is 6.07. The van der Waals surface area contributed by atoms with Crippen LogP contribution in [0.4, 0.5) is 20.2 Å². The van der Waals surface area contributed by atoms with Crippen molar-refractivity contribution in [2.75, 3.05) is 62.6 Å². The third-order valence-corrected chi connectivity index (χ3v) is 7.62. The van der Waals surface area contributed by atoms with Crippen molar-refractivity contribution in [3.05, 3.63) is 59.2 Å². The Balaban J connectivity index is 1.40. The van der Waals surface area contributed by atoms with Crippen molar-refractivity contribution >= 4 is 29.1 Å².